The summed E-state index contributed by atoms with van der Waals surface area (Å²) in [4.78, 5) is 0. The quantitative estimate of drug-likeness (QED) is 0.719. The van der Waals surface area contributed by atoms with E-state index in [2.05, 4.69) is 5.10 Å². The van der Waals surface area contributed by atoms with E-state index in [4.69, 9.17) is 11.6 Å². The second-order valence-electron chi connectivity index (χ2n) is 3.24. The highest BCUT2D eigenvalue weighted by Gasteiger charge is 2.34. The first kappa shape index (κ1) is 11.9. The molecule has 0 amide bonds. The molecule has 0 radical (unpaired) electrons. The Morgan fingerprint density at radius 2 is 1.71 bits per heavy atom. The zero-order valence-electron chi connectivity index (χ0n) is 8.17. The van der Waals surface area contributed by atoms with E-state index in [0.717, 1.165) is 16.8 Å². The van der Waals surface area contributed by atoms with Crippen molar-refractivity contribution in [1.29, 1.82) is 0 Å². The molecule has 0 aliphatic rings. The lowest BCUT2D eigenvalue weighted by atomic mass is 10.3. The van der Waals surface area contributed by atoms with Crippen LogP contribution in [-0.4, -0.2) is 9.78 Å². The molecule has 0 atom stereocenters. The summed E-state index contributed by atoms with van der Waals surface area (Å²) in [6.45, 7) is 0. The highest BCUT2D eigenvalue weighted by molar-refractivity contribution is 6.29. The fourth-order valence-corrected chi connectivity index (χ4v) is 1.50. The van der Waals surface area contributed by atoms with Crippen LogP contribution in [0.15, 0.2) is 30.3 Å². The normalized spacial score (nSPS) is 11.8. The van der Waals surface area contributed by atoms with E-state index in [1.165, 1.54) is 12.1 Å². The molecule has 1 aromatic heterocycles. The first-order valence-electron chi connectivity index (χ1n) is 4.46. The first-order valence-corrected chi connectivity index (χ1v) is 4.84. The summed E-state index contributed by atoms with van der Waals surface area (Å²) in [5.74, 6) is -0.493. The molecule has 0 fully saturated rings. The van der Waals surface area contributed by atoms with Gasteiger partial charge in [0.2, 0.25) is 0 Å². The van der Waals surface area contributed by atoms with Crippen LogP contribution in [0.5, 0.6) is 0 Å². The van der Waals surface area contributed by atoms with Crippen molar-refractivity contribution in [2.24, 2.45) is 0 Å². The number of aromatic nitrogens is 2. The van der Waals surface area contributed by atoms with Crippen molar-refractivity contribution in [2.75, 3.05) is 0 Å². The highest BCUT2D eigenvalue weighted by atomic mass is 35.5. The number of hydrogen-bond donors (Lipinski definition) is 0. The van der Waals surface area contributed by atoms with Crippen molar-refractivity contribution in [2.45, 2.75) is 6.18 Å². The summed E-state index contributed by atoms with van der Waals surface area (Å²) in [7, 11) is 0. The van der Waals surface area contributed by atoms with Crippen molar-refractivity contribution < 1.29 is 17.6 Å². The van der Waals surface area contributed by atoms with Gasteiger partial charge in [0, 0.05) is 6.07 Å². The van der Waals surface area contributed by atoms with Gasteiger partial charge in [-0.1, -0.05) is 11.6 Å². The monoisotopic (exact) mass is 264 g/mol. The summed E-state index contributed by atoms with van der Waals surface area (Å²) in [5, 5.41) is 3.13. The fourth-order valence-electron chi connectivity index (χ4n) is 1.26. The standard InChI is InChI=1S/C10H5ClF4N2/c11-9-5-8(10(13,14)15)16-17(9)7-3-1-6(12)2-4-7/h1-5H. The topological polar surface area (TPSA) is 17.8 Å². The van der Waals surface area contributed by atoms with E-state index < -0.39 is 17.7 Å². The van der Waals surface area contributed by atoms with Crippen LogP contribution in [0.1, 0.15) is 5.69 Å². The summed E-state index contributed by atoms with van der Waals surface area (Å²) in [6.07, 6.45) is -4.56. The van der Waals surface area contributed by atoms with Gasteiger partial charge in [0.1, 0.15) is 11.0 Å². The molecule has 2 nitrogen and oxygen atoms in total. The second kappa shape index (κ2) is 4.03. The van der Waals surface area contributed by atoms with Crippen LogP contribution in [0.4, 0.5) is 17.6 Å². The zero-order chi connectivity index (χ0) is 12.6. The number of nitrogens with zero attached hydrogens (tertiary/aromatic N) is 2. The number of hydrogen-bond acceptors (Lipinski definition) is 1. The van der Waals surface area contributed by atoms with Crippen molar-refractivity contribution in [3.05, 3.63) is 47.0 Å². The lowest BCUT2D eigenvalue weighted by Gasteiger charge is -2.03. The zero-order valence-corrected chi connectivity index (χ0v) is 8.93. The maximum atomic E-state index is 12.7. The number of halogens is 5. The van der Waals surface area contributed by atoms with E-state index in [-0.39, 0.29) is 10.8 Å². The maximum absolute atomic E-state index is 12.7. The van der Waals surface area contributed by atoms with Crippen molar-refractivity contribution in [1.82, 2.24) is 9.78 Å². The number of benzene rings is 1. The second-order valence-corrected chi connectivity index (χ2v) is 3.63. The molecule has 1 aromatic carbocycles. The minimum absolute atomic E-state index is 0.191. The molecular formula is C10H5ClF4N2. The molecule has 0 N–H and O–H groups in total. The van der Waals surface area contributed by atoms with Crippen LogP contribution in [0.2, 0.25) is 5.15 Å². The van der Waals surface area contributed by atoms with Crippen LogP contribution in [-0.2, 0) is 6.18 Å². The Bertz CT molecular complexity index is 530. The third kappa shape index (κ3) is 2.41. The molecule has 0 aliphatic heterocycles. The first-order chi connectivity index (χ1) is 7.88. The summed E-state index contributed by atoms with van der Waals surface area (Å²) in [6, 6.07) is 5.51. The Morgan fingerprint density at radius 1 is 1.12 bits per heavy atom. The highest BCUT2D eigenvalue weighted by Crippen LogP contribution is 2.30. The Hall–Kier alpha value is -1.56. The van der Waals surface area contributed by atoms with E-state index in [9.17, 15) is 17.6 Å². The van der Waals surface area contributed by atoms with Gasteiger partial charge >= 0.3 is 6.18 Å². The van der Waals surface area contributed by atoms with E-state index in [1.807, 2.05) is 0 Å². The predicted octanol–water partition coefficient (Wildman–Crippen LogP) is 3.68. The minimum Gasteiger partial charge on any atom is -0.222 e. The molecule has 0 spiro atoms. The Kier molecular flexibility index (Phi) is 2.82. The summed E-state index contributed by atoms with van der Waals surface area (Å²) < 4.78 is 50.6. The molecular weight excluding hydrogens is 260 g/mol. The van der Waals surface area contributed by atoms with Crippen LogP contribution in [0, 0.1) is 5.82 Å². The van der Waals surface area contributed by atoms with Crippen LogP contribution >= 0.6 is 11.6 Å². The third-order valence-electron chi connectivity index (χ3n) is 2.03. The van der Waals surface area contributed by atoms with Gasteiger partial charge in [0.15, 0.2) is 5.69 Å². The maximum Gasteiger partial charge on any atom is 0.435 e. The SMILES string of the molecule is Fc1ccc(-n2nc(C(F)(F)F)cc2Cl)cc1. The van der Waals surface area contributed by atoms with Crippen LogP contribution in [0.25, 0.3) is 5.69 Å². The molecule has 2 aromatic rings. The Morgan fingerprint density at radius 3 is 2.18 bits per heavy atom. The fraction of sp³-hybridized carbons (Fsp3) is 0.100. The third-order valence-corrected chi connectivity index (χ3v) is 2.30. The molecule has 17 heavy (non-hydrogen) atoms. The minimum atomic E-state index is -4.56. The average molecular weight is 265 g/mol. The molecule has 0 aliphatic carbocycles. The average Bonchev–Trinajstić information content (AvgIpc) is 2.61. The van der Waals surface area contributed by atoms with E-state index >= 15 is 0 Å². The van der Waals surface area contributed by atoms with Crippen molar-refractivity contribution >= 4 is 11.6 Å². The number of rotatable bonds is 1. The molecule has 1 heterocycles. The summed E-state index contributed by atoms with van der Waals surface area (Å²) >= 11 is 5.63. The molecule has 2 rings (SSSR count). The summed E-state index contributed by atoms with van der Waals surface area (Å²) in [5.41, 5.74) is -0.835. The van der Waals surface area contributed by atoms with Gasteiger partial charge in [-0.2, -0.15) is 18.3 Å². The molecule has 0 unspecified atom stereocenters. The van der Waals surface area contributed by atoms with Gasteiger partial charge < -0.3 is 0 Å². The molecule has 90 valence electrons. The van der Waals surface area contributed by atoms with Gasteiger partial charge in [0.25, 0.3) is 0 Å². The van der Waals surface area contributed by atoms with E-state index in [1.54, 1.807) is 0 Å². The molecule has 0 saturated carbocycles. The van der Waals surface area contributed by atoms with Crippen LogP contribution < -0.4 is 0 Å². The predicted molar refractivity (Wildman–Crippen MR) is 53.5 cm³/mol. The van der Waals surface area contributed by atoms with Crippen LogP contribution in [0.3, 0.4) is 0 Å². The number of alkyl halides is 3. The largest absolute Gasteiger partial charge is 0.435 e. The molecule has 7 heteroatoms. The smallest absolute Gasteiger partial charge is 0.222 e. The molecule has 0 saturated heterocycles. The Labute approximate surface area is 98.4 Å². The van der Waals surface area contributed by atoms with Crippen molar-refractivity contribution in [3.63, 3.8) is 0 Å². The van der Waals surface area contributed by atoms with Crippen molar-refractivity contribution in [3.8, 4) is 5.69 Å². The van der Waals surface area contributed by atoms with Gasteiger partial charge in [-0.25, -0.2) is 9.07 Å². The van der Waals surface area contributed by atoms with Gasteiger partial charge in [-0.3, -0.25) is 0 Å². The lowest BCUT2D eigenvalue weighted by Crippen LogP contribution is -2.07. The van der Waals surface area contributed by atoms with Gasteiger partial charge in [-0.05, 0) is 24.3 Å². The van der Waals surface area contributed by atoms with Gasteiger partial charge in [0.05, 0.1) is 5.69 Å². The lowest BCUT2D eigenvalue weighted by molar-refractivity contribution is -0.141. The van der Waals surface area contributed by atoms with E-state index in [0.29, 0.717) is 6.07 Å². The molecule has 0 bridgehead atoms. The van der Waals surface area contributed by atoms with Gasteiger partial charge in [-0.15, -0.1) is 0 Å². The Balaban J connectivity index is 2.46.